The van der Waals surface area contributed by atoms with Crippen molar-refractivity contribution in [2.75, 3.05) is 0 Å². The Morgan fingerprint density at radius 1 is 1.27 bits per heavy atom. The van der Waals surface area contributed by atoms with Crippen LogP contribution in [0.15, 0.2) is 24.3 Å². The molecule has 0 aromatic heterocycles. The Bertz CT molecular complexity index is 336. The molecule has 0 spiro atoms. The Morgan fingerprint density at radius 3 is 2.67 bits per heavy atom. The van der Waals surface area contributed by atoms with Crippen molar-refractivity contribution in [3.8, 4) is 0 Å². The number of hydrogen-bond acceptors (Lipinski definition) is 1. The molecule has 0 heterocycles. The second-order valence-corrected chi connectivity index (χ2v) is 4.48. The summed E-state index contributed by atoms with van der Waals surface area (Å²) in [5.74, 6) is 0.569. The van der Waals surface area contributed by atoms with Crippen LogP contribution >= 0.6 is 11.6 Å². The normalized spacial score (nSPS) is 25.1. The summed E-state index contributed by atoms with van der Waals surface area (Å²) in [7, 11) is 0. The predicted molar refractivity (Wildman–Crippen MR) is 61.0 cm³/mol. The molecule has 1 aromatic rings. The van der Waals surface area contributed by atoms with Crippen molar-refractivity contribution in [2.24, 2.45) is 0 Å². The number of halogens is 1. The van der Waals surface area contributed by atoms with Crippen LogP contribution in [0.2, 0.25) is 5.02 Å². The lowest BCUT2D eigenvalue weighted by Crippen LogP contribution is -2.24. The van der Waals surface area contributed by atoms with Crippen LogP contribution in [0.25, 0.3) is 0 Å². The van der Waals surface area contributed by atoms with Gasteiger partial charge >= 0.3 is 0 Å². The summed E-state index contributed by atoms with van der Waals surface area (Å²) in [5, 5.41) is 3.63. The number of carbonyl (C=O) groups excluding carboxylic acids is 1. The second kappa shape index (κ2) is 4.67. The molecule has 3 heteroatoms. The average Bonchev–Trinajstić information content (AvgIpc) is 2.68. The standard InChI is InChI=1S/C12H14ClNO/c13-11-4-1-9(2-5-11)10-3-6-12(7-10)14-8-15/h1-2,4-5,8,10,12H,3,6-7H2,(H,14,15). The molecule has 2 rings (SSSR count). The first-order chi connectivity index (χ1) is 7.29. The van der Waals surface area contributed by atoms with E-state index < -0.39 is 0 Å². The Balaban J connectivity index is 2.01. The van der Waals surface area contributed by atoms with Crippen LogP contribution in [0.4, 0.5) is 0 Å². The first-order valence-corrected chi connectivity index (χ1v) is 5.62. The molecule has 1 aliphatic rings. The molecule has 0 radical (unpaired) electrons. The van der Waals surface area contributed by atoms with E-state index in [2.05, 4.69) is 17.4 Å². The largest absolute Gasteiger partial charge is 0.356 e. The van der Waals surface area contributed by atoms with Gasteiger partial charge in [0.2, 0.25) is 6.41 Å². The molecular formula is C12H14ClNO. The molecule has 2 unspecified atom stereocenters. The molecule has 0 saturated heterocycles. The highest BCUT2D eigenvalue weighted by Gasteiger charge is 2.25. The van der Waals surface area contributed by atoms with Crippen molar-refractivity contribution in [3.63, 3.8) is 0 Å². The van der Waals surface area contributed by atoms with Gasteiger partial charge in [-0.2, -0.15) is 0 Å². The van der Waals surface area contributed by atoms with Gasteiger partial charge in [0.1, 0.15) is 0 Å². The summed E-state index contributed by atoms with van der Waals surface area (Å²) in [6.07, 6.45) is 4.06. The summed E-state index contributed by atoms with van der Waals surface area (Å²) in [6.45, 7) is 0. The lowest BCUT2D eigenvalue weighted by Gasteiger charge is -2.10. The molecular weight excluding hydrogens is 210 g/mol. The molecule has 1 amide bonds. The van der Waals surface area contributed by atoms with Gasteiger partial charge in [-0.25, -0.2) is 0 Å². The average molecular weight is 224 g/mol. The second-order valence-electron chi connectivity index (χ2n) is 4.04. The van der Waals surface area contributed by atoms with E-state index in [-0.39, 0.29) is 0 Å². The Labute approximate surface area is 94.6 Å². The Morgan fingerprint density at radius 2 is 2.00 bits per heavy atom. The molecule has 1 aliphatic carbocycles. The van der Waals surface area contributed by atoms with Gasteiger partial charge in [0.15, 0.2) is 0 Å². The molecule has 1 saturated carbocycles. The summed E-state index contributed by atoms with van der Waals surface area (Å²) in [5.41, 5.74) is 1.33. The third kappa shape index (κ3) is 2.51. The minimum atomic E-state index is 0.350. The number of benzene rings is 1. The number of amides is 1. The van der Waals surface area contributed by atoms with E-state index in [1.54, 1.807) is 0 Å². The fourth-order valence-corrected chi connectivity index (χ4v) is 2.39. The van der Waals surface area contributed by atoms with Crippen molar-refractivity contribution in [2.45, 2.75) is 31.2 Å². The van der Waals surface area contributed by atoms with E-state index >= 15 is 0 Å². The van der Waals surface area contributed by atoms with Crippen LogP contribution in [-0.4, -0.2) is 12.5 Å². The SMILES string of the molecule is O=CNC1CCC(c2ccc(Cl)cc2)C1. The molecule has 1 aromatic carbocycles. The number of carbonyl (C=O) groups is 1. The molecule has 80 valence electrons. The number of hydrogen-bond donors (Lipinski definition) is 1. The molecule has 0 bridgehead atoms. The lowest BCUT2D eigenvalue weighted by atomic mass is 9.98. The van der Waals surface area contributed by atoms with E-state index in [4.69, 9.17) is 11.6 Å². The molecule has 0 aliphatic heterocycles. The third-order valence-electron chi connectivity index (χ3n) is 3.08. The minimum absolute atomic E-state index is 0.350. The fourth-order valence-electron chi connectivity index (χ4n) is 2.27. The van der Waals surface area contributed by atoms with E-state index in [1.807, 2.05) is 12.1 Å². The van der Waals surface area contributed by atoms with Crippen LogP contribution in [-0.2, 0) is 4.79 Å². The van der Waals surface area contributed by atoms with Gasteiger partial charge in [-0.3, -0.25) is 4.79 Å². The number of rotatable bonds is 3. The van der Waals surface area contributed by atoms with Gasteiger partial charge in [0, 0.05) is 11.1 Å². The van der Waals surface area contributed by atoms with Crippen LogP contribution in [0.5, 0.6) is 0 Å². The first-order valence-electron chi connectivity index (χ1n) is 5.25. The minimum Gasteiger partial charge on any atom is -0.356 e. The van der Waals surface area contributed by atoms with Crippen LogP contribution in [0, 0.1) is 0 Å². The van der Waals surface area contributed by atoms with Crippen LogP contribution < -0.4 is 5.32 Å². The maximum Gasteiger partial charge on any atom is 0.207 e. The summed E-state index contributed by atoms with van der Waals surface area (Å²) in [6, 6.07) is 8.37. The Hall–Kier alpha value is -1.02. The van der Waals surface area contributed by atoms with Gasteiger partial charge in [-0.15, -0.1) is 0 Å². The summed E-state index contributed by atoms with van der Waals surface area (Å²) >= 11 is 5.84. The molecule has 15 heavy (non-hydrogen) atoms. The topological polar surface area (TPSA) is 29.1 Å². The van der Waals surface area contributed by atoms with E-state index in [1.165, 1.54) is 5.56 Å². The van der Waals surface area contributed by atoms with Crippen molar-refractivity contribution in [1.29, 1.82) is 0 Å². The summed E-state index contributed by atoms with van der Waals surface area (Å²) < 4.78 is 0. The third-order valence-corrected chi connectivity index (χ3v) is 3.33. The molecule has 2 atom stereocenters. The van der Waals surface area contributed by atoms with E-state index in [0.29, 0.717) is 12.0 Å². The lowest BCUT2D eigenvalue weighted by molar-refractivity contribution is -0.110. The monoisotopic (exact) mass is 223 g/mol. The van der Waals surface area contributed by atoms with Gasteiger partial charge in [-0.1, -0.05) is 23.7 Å². The maximum atomic E-state index is 10.3. The fraction of sp³-hybridized carbons (Fsp3) is 0.417. The first kappa shape index (κ1) is 10.5. The maximum absolute atomic E-state index is 10.3. The molecule has 1 fully saturated rings. The highest BCUT2D eigenvalue weighted by molar-refractivity contribution is 6.30. The highest BCUT2D eigenvalue weighted by Crippen LogP contribution is 2.34. The van der Waals surface area contributed by atoms with Crippen molar-refractivity contribution in [1.82, 2.24) is 5.32 Å². The zero-order valence-electron chi connectivity index (χ0n) is 8.45. The molecule has 2 nitrogen and oxygen atoms in total. The van der Waals surface area contributed by atoms with E-state index in [0.717, 1.165) is 30.7 Å². The molecule has 1 N–H and O–H groups in total. The summed E-state index contributed by atoms with van der Waals surface area (Å²) in [4.78, 5) is 10.3. The van der Waals surface area contributed by atoms with Gasteiger partial charge in [-0.05, 0) is 42.9 Å². The van der Waals surface area contributed by atoms with E-state index in [9.17, 15) is 4.79 Å². The zero-order valence-corrected chi connectivity index (χ0v) is 9.20. The van der Waals surface area contributed by atoms with Crippen molar-refractivity contribution >= 4 is 18.0 Å². The smallest absolute Gasteiger partial charge is 0.207 e. The van der Waals surface area contributed by atoms with Crippen LogP contribution in [0.3, 0.4) is 0 Å². The van der Waals surface area contributed by atoms with Crippen molar-refractivity contribution in [3.05, 3.63) is 34.9 Å². The highest BCUT2D eigenvalue weighted by atomic mass is 35.5. The quantitative estimate of drug-likeness (QED) is 0.785. The van der Waals surface area contributed by atoms with Gasteiger partial charge in [0.05, 0.1) is 0 Å². The van der Waals surface area contributed by atoms with Gasteiger partial charge in [0.25, 0.3) is 0 Å². The zero-order chi connectivity index (χ0) is 10.7. The van der Waals surface area contributed by atoms with Crippen molar-refractivity contribution < 1.29 is 4.79 Å². The Kier molecular flexibility index (Phi) is 3.27. The predicted octanol–water partition coefficient (Wildman–Crippen LogP) is 2.72. The van der Waals surface area contributed by atoms with Gasteiger partial charge < -0.3 is 5.32 Å². The van der Waals surface area contributed by atoms with Crippen LogP contribution in [0.1, 0.15) is 30.7 Å². The number of nitrogens with one attached hydrogen (secondary N) is 1.